The van der Waals surface area contributed by atoms with Gasteiger partial charge in [-0.3, -0.25) is 9.10 Å². The van der Waals surface area contributed by atoms with Gasteiger partial charge >= 0.3 is 0 Å². The monoisotopic (exact) mass is 623 g/mol. The molecule has 0 radical (unpaired) electrons. The Morgan fingerprint density at radius 3 is 2.39 bits per heavy atom. The van der Waals surface area contributed by atoms with Crippen LogP contribution in [0.4, 0.5) is 5.69 Å². The van der Waals surface area contributed by atoms with Crippen LogP contribution in [0.1, 0.15) is 68.4 Å². The van der Waals surface area contributed by atoms with Crippen molar-refractivity contribution in [2.24, 2.45) is 0 Å². The van der Waals surface area contributed by atoms with Crippen molar-refractivity contribution < 1.29 is 22.6 Å². The SMILES string of the molecule is CCOc1ccc(N(C)S(=O)(=O)CCc2ccc(OC)c(OC)c2)cc1-c1nn2c(C3CCCCCC3)nc(C)c2c(=O)[nH]1. The average Bonchev–Trinajstić information content (AvgIpc) is 3.17. The molecular formula is C32H41N5O6S. The van der Waals surface area contributed by atoms with E-state index in [2.05, 4.69) is 4.98 Å². The number of aromatic amines is 1. The van der Waals surface area contributed by atoms with E-state index in [1.807, 2.05) is 19.9 Å². The number of imidazole rings is 1. The molecule has 2 aromatic carbocycles. The fraction of sp³-hybridized carbons (Fsp3) is 0.469. The van der Waals surface area contributed by atoms with Crippen LogP contribution in [-0.4, -0.2) is 61.6 Å². The minimum atomic E-state index is -3.72. The first-order valence-electron chi connectivity index (χ1n) is 15.1. The highest BCUT2D eigenvalue weighted by molar-refractivity contribution is 7.92. The Labute approximate surface area is 258 Å². The number of nitrogens with one attached hydrogen (secondary N) is 1. The van der Waals surface area contributed by atoms with E-state index in [0.717, 1.165) is 37.1 Å². The van der Waals surface area contributed by atoms with Gasteiger partial charge in [0.05, 0.1) is 43.5 Å². The molecule has 0 atom stereocenters. The third kappa shape index (κ3) is 6.40. The molecule has 1 N–H and O–H groups in total. The van der Waals surface area contributed by atoms with Gasteiger partial charge < -0.3 is 19.2 Å². The number of rotatable bonds is 11. The maximum Gasteiger partial charge on any atom is 0.277 e. The minimum absolute atomic E-state index is 0.123. The van der Waals surface area contributed by atoms with Gasteiger partial charge in [-0.2, -0.15) is 0 Å². The number of anilines is 1. The molecule has 0 spiro atoms. The minimum Gasteiger partial charge on any atom is -0.493 e. The topological polar surface area (TPSA) is 128 Å². The first kappa shape index (κ1) is 31.4. The Hall–Kier alpha value is -4.06. The van der Waals surface area contributed by atoms with Crippen molar-refractivity contribution in [3.63, 3.8) is 0 Å². The highest BCUT2D eigenvalue weighted by Gasteiger charge is 2.25. The molecule has 0 saturated heterocycles. The van der Waals surface area contributed by atoms with Crippen LogP contribution < -0.4 is 24.1 Å². The number of ether oxygens (including phenoxy) is 3. The number of fused-ring (bicyclic) bond motifs is 1. The normalized spacial score (nSPS) is 14.4. The summed E-state index contributed by atoms with van der Waals surface area (Å²) in [5.74, 6) is 2.80. The number of nitrogens with zero attached hydrogens (tertiary/aromatic N) is 4. The maximum atomic E-state index is 13.5. The smallest absolute Gasteiger partial charge is 0.277 e. The lowest BCUT2D eigenvalue weighted by atomic mass is 10.00. The molecule has 2 heterocycles. The van der Waals surface area contributed by atoms with E-state index >= 15 is 0 Å². The van der Waals surface area contributed by atoms with Gasteiger partial charge in [-0.05, 0) is 69.0 Å². The molecule has 0 unspecified atom stereocenters. The number of aromatic nitrogens is 4. The Morgan fingerprint density at radius 1 is 1.00 bits per heavy atom. The quantitative estimate of drug-likeness (QED) is 0.224. The van der Waals surface area contributed by atoms with Gasteiger partial charge in [0.2, 0.25) is 10.0 Å². The molecule has 1 fully saturated rings. The predicted molar refractivity (Wildman–Crippen MR) is 171 cm³/mol. The molecule has 0 bridgehead atoms. The predicted octanol–water partition coefficient (Wildman–Crippen LogP) is 5.26. The molecular weight excluding hydrogens is 582 g/mol. The van der Waals surface area contributed by atoms with E-state index in [1.54, 1.807) is 49.1 Å². The molecule has 1 aliphatic carbocycles. The van der Waals surface area contributed by atoms with Gasteiger partial charge in [-0.1, -0.05) is 31.7 Å². The first-order valence-corrected chi connectivity index (χ1v) is 16.7. The summed E-state index contributed by atoms with van der Waals surface area (Å²) in [6.45, 7) is 4.08. The lowest BCUT2D eigenvalue weighted by Gasteiger charge is -2.21. The number of methoxy groups -OCH3 is 2. The molecule has 0 amide bonds. The number of hydrogen-bond acceptors (Lipinski definition) is 8. The van der Waals surface area contributed by atoms with Crippen molar-refractivity contribution >= 4 is 21.2 Å². The van der Waals surface area contributed by atoms with E-state index in [9.17, 15) is 13.2 Å². The number of benzene rings is 2. The van der Waals surface area contributed by atoms with Crippen molar-refractivity contribution in [3.8, 4) is 28.6 Å². The van der Waals surface area contributed by atoms with E-state index in [1.165, 1.54) is 24.2 Å². The van der Waals surface area contributed by atoms with Crippen LogP contribution in [0, 0.1) is 6.92 Å². The Balaban J connectivity index is 1.49. The van der Waals surface area contributed by atoms with Crippen molar-refractivity contribution in [1.82, 2.24) is 19.6 Å². The zero-order valence-corrected chi connectivity index (χ0v) is 26.9. The number of aryl methyl sites for hydroxylation is 2. The molecule has 44 heavy (non-hydrogen) atoms. The summed E-state index contributed by atoms with van der Waals surface area (Å²) in [6, 6.07) is 10.5. The summed E-state index contributed by atoms with van der Waals surface area (Å²) in [6.07, 6.45) is 6.95. The van der Waals surface area contributed by atoms with Crippen molar-refractivity contribution in [2.75, 3.05) is 37.9 Å². The van der Waals surface area contributed by atoms with E-state index in [4.69, 9.17) is 24.3 Å². The van der Waals surface area contributed by atoms with Crippen LogP contribution in [0.2, 0.25) is 0 Å². The van der Waals surface area contributed by atoms with Gasteiger partial charge in [-0.25, -0.2) is 17.9 Å². The number of sulfonamides is 1. The van der Waals surface area contributed by atoms with Crippen LogP contribution in [0.3, 0.4) is 0 Å². The van der Waals surface area contributed by atoms with Gasteiger partial charge in [0.1, 0.15) is 11.6 Å². The molecule has 4 aromatic rings. The van der Waals surface area contributed by atoms with Crippen LogP contribution >= 0.6 is 0 Å². The zero-order valence-electron chi connectivity index (χ0n) is 26.1. The summed E-state index contributed by atoms with van der Waals surface area (Å²) in [5.41, 5.74) is 2.49. The highest BCUT2D eigenvalue weighted by Crippen LogP contribution is 2.35. The van der Waals surface area contributed by atoms with Crippen LogP contribution in [0.15, 0.2) is 41.2 Å². The summed E-state index contributed by atoms with van der Waals surface area (Å²) in [7, 11) is 0.895. The molecule has 236 valence electrons. The van der Waals surface area contributed by atoms with Gasteiger partial charge in [-0.15, -0.1) is 5.10 Å². The van der Waals surface area contributed by atoms with Crippen LogP contribution in [0.25, 0.3) is 16.9 Å². The van der Waals surface area contributed by atoms with Crippen molar-refractivity contribution in [3.05, 3.63) is 63.8 Å². The summed E-state index contributed by atoms with van der Waals surface area (Å²) < 4.78 is 46.4. The molecule has 1 saturated carbocycles. The van der Waals surface area contributed by atoms with Crippen LogP contribution in [-0.2, 0) is 16.4 Å². The second-order valence-electron chi connectivity index (χ2n) is 11.1. The fourth-order valence-corrected chi connectivity index (χ4v) is 7.08. The van der Waals surface area contributed by atoms with Crippen molar-refractivity contribution in [2.45, 2.75) is 64.7 Å². The lowest BCUT2D eigenvalue weighted by molar-refractivity contribution is 0.341. The third-order valence-corrected chi connectivity index (χ3v) is 10.1. The van der Waals surface area contributed by atoms with E-state index in [-0.39, 0.29) is 29.5 Å². The highest BCUT2D eigenvalue weighted by atomic mass is 32.2. The summed E-state index contributed by atoms with van der Waals surface area (Å²) in [5, 5.41) is 4.87. The van der Waals surface area contributed by atoms with E-state index < -0.39 is 10.0 Å². The zero-order chi connectivity index (χ0) is 31.4. The Morgan fingerprint density at radius 2 is 1.70 bits per heavy atom. The van der Waals surface area contributed by atoms with Crippen molar-refractivity contribution in [1.29, 1.82) is 0 Å². The first-order chi connectivity index (χ1) is 21.2. The second kappa shape index (κ2) is 13.3. The molecule has 11 nitrogen and oxygen atoms in total. The molecule has 0 aliphatic heterocycles. The molecule has 12 heteroatoms. The lowest BCUT2D eigenvalue weighted by Crippen LogP contribution is -2.30. The largest absolute Gasteiger partial charge is 0.493 e. The Kier molecular flexibility index (Phi) is 9.48. The second-order valence-corrected chi connectivity index (χ2v) is 13.3. The molecule has 2 aromatic heterocycles. The van der Waals surface area contributed by atoms with Gasteiger partial charge in [0.15, 0.2) is 22.8 Å². The molecule has 1 aliphatic rings. The van der Waals surface area contributed by atoms with E-state index in [0.29, 0.717) is 46.3 Å². The van der Waals surface area contributed by atoms with Gasteiger partial charge in [0.25, 0.3) is 5.56 Å². The standard InChI is InChI=1S/C32H41N5O6S/c1-6-43-26-16-14-24(36(3)44(39,40)18-17-22-13-15-27(41-4)28(19-22)42-5)20-25(26)30-34-32(38)29-21(2)33-31(37(29)35-30)23-11-9-7-8-10-12-23/h13-16,19-20,23H,6-12,17-18H2,1-5H3,(H,34,35,38). The Bertz CT molecular complexity index is 1790. The van der Waals surface area contributed by atoms with Crippen LogP contribution in [0.5, 0.6) is 17.2 Å². The average molecular weight is 624 g/mol. The summed E-state index contributed by atoms with van der Waals surface area (Å²) in [4.78, 5) is 21.1. The molecule has 5 rings (SSSR count). The third-order valence-electron chi connectivity index (χ3n) is 8.32. The number of H-pyrrole nitrogens is 1. The fourth-order valence-electron chi connectivity index (χ4n) is 5.88. The number of hydrogen-bond donors (Lipinski definition) is 1. The van der Waals surface area contributed by atoms with Gasteiger partial charge in [0, 0.05) is 13.0 Å². The maximum absolute atomic E-state index is 13.5. The summed E-state index contributed by atoms with van der Waals surface area (Å²) >= 11 is 0.